The highest BCUT2D eigenvalue weighted by Gasteiger charge is 2.52. The number of nitrogens with one attached hydrogen (secondary N) is 1. The first-order valence-electron chi connectivity index (χ1n) is 10.7. The molecule has 1 saturated carbocycles. The first-order chi connectivity index (χ1) is 15.1. The van der Waals surface area contributed by atoms with E-state index in [4.69, 9.17) is 4.74 Å². The molecule has 2 amide bonds. The Kier molecular flexibility index (Phi) is 6.13. The quantitative estimate of drug-likeness (QED) is 0.706. The van der Waals surface area contributed by atoms with Crippen molar-refractivity contribution in [3.8, 4) is 5.75 Å². The number of ether oxygens (including phenoxy) is 1. The molecule has 0 bridgehead atoms. The van der Waals surface area contributed by atoms with Gasteiger partial charge in [-0.1, -0.05) is 42.5 Å². The highest BCUT2D eigenvalue weighted by Crippen LogP contribution is 2.48. The molecule has 4 rings (SSSR count). The molecular weight excluding hydrogens is 394 g/mol. The maximum absolute atomic E-state index is 13.0. The van der Waals surface area contributed by atoms with Gasteiger partial charge in [-0.25, -0.2) is 0 Å². The molecule has 0 spiro atoms. The number of para-hydroxylation sites is 2. The number of piperazine rings is 1. The fourth-order valence-corrected chi connectivity index (χ4v) is 4.29. The first kappa shape index (κ1) is 21.2. The van der Waals surface area contributed by atoms with Crippen LogP contribution in [0.2, 0.25) is 0 Å². The zero-order valence-corrected chi connectivity index (χ0v) is 17.8. The molecule has 31 heavy (non-hydrogen) atoms. The van der Waals surface area contributed by atoms with Crippen molar-refractivity contribution >= 4 is 17.5 Å². The van der Waals surface area contributed by atoms with E-state index in [0.29, 0.717) is 26.2 Å². The topological polar surface area (TPSA) is 82.1 Å². The van der Waals surface area contributed by atoms with Crippen molar-refractivity contribution in [3.63, 3.8) is 0 Å². The van der Waals surface area contributed by atoms with Crippen molar-refractivity contribution in [2.45, 2.75) is 24.3 Å². The summed E-state index contributed by atoms with van der Waals surface area (Å²) in [4.78, 5) is 29.9. The third-order valence-corrected chi connectivity index (χ3v) is 6.31. The van der Waals surface area contributed by atoms with Gasteiger partial charge in [-0.2, -0.15) is 0 Å². The van der Waals surface area contributed by atoms with Gasteiger partial charge in [-0.15, -0.1) is 0 Å². The Hall–Kier alpha value is -3.06. The number of carbonyl (C=O) groups excluding carboxylic acids is 2. The van der Waals surface area contributed by atoms with Crippen molar-refractivity contribution in [3.05, 3.63) is 60.2 Å². The van der Waals surface area contributed by atoms with E-state index >= 15 is 0 Å². The van der Waals surface area contributed by atoms with Crippen molar-refractivity contribution in [2.24, 2.45) is 0 Å². The average Bonchev–Trinajstić information content (AvgIpc) is 3.65. The molecule has 2 aromatic carbocycles. The molecule has 7 heteroatoms. The van der Waals surface area contributed by atoms with Crippen LogP contribution in [0.25, 0.3) is 0 Å². The van der Waals surface area contributed by atoms with E-state index in [1.165, 1.54) is 0 Å². The van der Waals surface area contributed by atoms with E-state index in [1.54, 1.807) is 12.0 Å². The molecule has 1 saturated heterocycles. The number of hydrogen-bond acceptors (Lipinski definition) is 5. The summed E-state index contributed by atoms with van der Waals surface area (Å²) < 4.78 is 5.44. The predicted molar refractivity (Wildman–Crippen MR) is 118 cm³/mol. The van der Waals surface area contributed by atoms with E-state index in [2.05, 4.69) is 10.2 Å². The van der Waals surface area contributed by atoms with Crippen LogP contribution in [0.15, 0.2) is 54.6 Å². The summed E-state index contributed by atoms with van der Waals surface area (Å²) in [6, 6.07) is 16.5. The van der Waals surface area contributed by atoms with Crippen molar-refractivity contribution < 1.29 is 19.4 Å². The maximum Gasteiger partial charge on any atom is 0.247 e. The van der Waals surface area contributed by atoms with E-state index in [9.17, 15) is 14.7 Å². The number of aliphatic hydroxyl groups is 1. The van der Waals surface area contributed by atoms with Gasteiger partial charge in [0, 0.05) is 26.2 Å². The fraction of sp³-hybridized carbons (Fsp3) is 0.417. The van der Waals surface area contributed by atoms with Crippen LogP contribution in [0.5, 0.6) is 5.75 Å². The van der Waals surface area contributed by atoms with Gasteiger partial charge in [-0.3, -0.25) is 9.59 Å². The van der Waals surface area contributed by atoms with E-state index < -0.39 is 18.1 Å². The lowest BCUT2D eigenvalue weighted by molar-refractivity contribution is -0.138. The van der Waals surface area contributed by atoms with Gasteiger partial charge >= 0.3 is 0 Å². The van der Waals surface area contributed by atoms with Gasteiger partial charge in [0.2, 0.25) is 11.8 Å². The molecule has 7 nitrogen and oxygen atoms in total. The van der Waals surface area contributed by atoms with E-state index in [0.717, 1.165) is 29.8 Å². The lowest BCUT2D eigenvalue weighted by Crippen LogP contribution is -2.57. The largest absolute Gasteiger partial charge is 0.495 e. The summed E-state index contributed by atoms with van der Waals surface area (Å²) in [5, 5.41) is 12.7. The van der Waals surface area contributed by atoms with Crippen LogP contribution >= 0.6 is 0 Å². The summed E-state index contributed by atoms with van der Waals surface area (Å²) in [5.41, 5.74) is 1.39. The molecule has 1 atom stereocenters. The number of carbonyl (C=O) groups is 2. The minimum Gasteiger partial charge on any atom is -0.495 e. The molecular formula is C24H29N3O4. The molecule has 2 N–H and O–H groups in total. The van der Waals surface area contributed by atoms with Gasteiger partial charge in [0.15, 0.2) is 0 Å². The highest BCUT2D eigenvalue weighted by atomic mass is 16.5. The summed E-state index contributed by atoms with van der Waals surface area (Å²) in [5.74, 6) is 0.386. The van der Waals surface area contributed by atoms with Gasteiger partial charge < -0.3 is 25.0 Å². The second-order valence-electron chi connectivity index (χ2n) is 8.14. The van der Waals surface area contributed by atoms with Crippen LogP contribution in [0.1, 0.15) is 18.4 Å². The maximum atomic E-state index is 13.0. The molecule has 2 aromatic rings. The molecule has 0 unspecified atom stereocenters. The smallest absolute Gasteiger partial charge is 0.247 e. The Labute approximate surface area is 182 Å². The van der Waals surface area contributed by atoms with Crippen LogP contribution in [0, 0.1) is 0 Å². The lowest BCUT2D eigenvalue weighted by Gasteiger charge is -2.38. The Balaban J connectivity index is 1.37. The van der Waals surface area contributed by atoms with E-state index in [1.807, 2.05) is 54.6 Å². The summed E-state index contributed by atoms with van der Waals surface area (Å²) >= 11 is 0. The lowest BCUT2D eigenvalue weighted by atomic mass is 9.94. The number of hydrogen-bond donors (Lipinski definition) is 2. The van der Waals surface area contributed by atoms with Crippen molar-refractivity contribution in [2.75, 3.05) is 44.8 Å². The van der Waals surface area contributed by atoms with Crippen LogP contribution < -0.4 is 15.0 Å². The number of amides is 2. The zero-order chi connectivity index (χ0) is 21.8. The van der Waals surface area contributed by atoms with E-state index in [-0.39, 0.29) is 11.8 Å². The molecule has 164 valence electrons. The molecule has 1 aliphatic carbocycles. The minimum absolute atomic E-state index is 0.182. The Morgan fingerprint density at radius 2 is 1.68 bits per heavy atom. The number of benzene rings is 2. The summed E-state index contributed by atoms with van der Waals surface area (Å²) in [6.07, 6.45) is 1.51. The second-order valence-corrected chi connectivity index (χ2v) is 8.14. The van der Waals surface area contributed by atoms with Crippen LogP contribution in [0.4, 0.5) is 5.69 Å². The molecule has 0 radical (unpaired) electrons. The normalized spacial score (nSPS) is 18.3. The van der Waals surface area contributed by atoms with Gasteiger partial charge in [0.25, 0.3) is 0 Å². The third-order valence-electron chi connectivity index (χ3n) is 6.31. The molecule has 0 aromatic heterocycles. The van der Waals surface area contributed by atoms with Gasteiger partial charge in [0.05, 0.1) is 24.8 Å². The second kappa shape index (κ2) is 8.98. The Morgan fingerprint density at radius 3 is 2.29 bits per heavy atom. The fourth-order valence-electron chi connectivity index (χ4n) is 4.29. The first-order valence-corrected chi connectivity index (χ1v) is 10.7. The zero-order valence-electron chi connectivity index (χ0n) is 17.8. The van der Waals surface area contributed by atoms with Gasteiger partial charge in [-0.05, 0) is 30.5 Å². The van der Waals surface area contributed by atoms with Crippen LogP contribution in [-0.4, -0.2) is 67.8 Å². The molecule has 2 aliphatic rings. The number of rotatable bonds is 7. The standard InChI is InChI=1S/C24H29N3O4/c1-31-21-10-6-5-9-20(21)26-13-15-27(16-14-26)22(29)19(17-28)25-23(30)24(11-12-24)18-7-3-2-4-8-18/h2-10,19,28H,11-17H2,1H3,(H,25,30)/t19-/m0/s1. The Bertz CT molecular complexity index is 921. The Morgan fingerprint density at radius 1 is 1.03 bits per heavy atom. The van der Waals surface area contributed by atoms with Crippen LogP contribution in [0.3, 0.4) is 0 Å². The molecule has 2 fully saturated rings. The van der Waals surface area contributed by atoms with Gasteiger partial charge in [0.1, 0.15) is 11.8 Å². The minimum atomic E-state index is -0.925. The van der Waals surface area contributed by atoms with Crippen molar-refractivity contribution in [1.82, 2.24) is 10.2 Å². The average molecular weight is 424 g/mol. The van der Waals surface area contributed by atoms with Crippen LogP contribution in [-0.2, 0) is 15.0 Å². The molecule has 1 heterocycles. The SMILES string of the molecule is COc1ccccc1N1CCN(C(=O)[C@H](CO)NC(=O)C2(c3ccccc3)CC2)CC1. The number of anilines is 1. The number of aliphatic hydroxyl groups excluding tert-OH is 1. The third kappa shape index (κ3) is 4.23. The predicted octanol–water partition coefficient (Wildman–Crippen LogP) is 1.55. The summed E-state index contributed by atoms with van der Waals surface area (Å²) in [6.45, 7) is 1.95. The monoisotopic (exact) mass is 423 g/mol. The summed E-state index contributed by atoms with van der Waals surface area (Å²) in [7, 11) is 1.65. The van der Waals surface area contributed by atoms with Crippen molar-refractivity contribution in [1.29, 1.82) is 0 Å². The molecule has 1 aliphatic heterocycles. The number of nitrogens with zero attached hydrogens (tertiary/aromatic N) is 2. The number of methoxy groups -OCH3 is 1. The highest BCUT2D eigenvalue weighted by molar-refractivity contribution is 5.95.